The Labute approximate surface area is 193 Å². The summed E-state index contributed by atoms with van der Waals surface area (Å²) in [4.78, 5) is 25.7. The SMILES string of the molecule is CN(C)C1CCN(c2nc(-c3ccc(C#N)cc3)c(-c3ccc(CCO)cc3)c(=O)[nH]2)CC1. The second kappa shape index (κ2) is 9.99. The molecule has 0 saturated carbocycles. The summed E-state index contributed by atoms with van der Waals surface area (Å²) in [5, 5.41) is 18.4. The maximum Gasteiger partial charge on any atom is 0.260 e. The van der Waals surface area contributed by atoms with Gasteiger partial charge in [0.25, 0.3) is 5.56 Å². The van der Waals surface area contributed by atoms with Gasteiger partial charge in [-0.15, -0.1) is 0 Å². The predicted octanol–water partition coefficient (Wildman–Crippen LogP) is 3.04. The van der Waals surface area contributed by atoms with Crippen molar-refractivity contribution in [1.29, 1.82) is 5.26 Å². The van der Waals surface area contributed by atoms with Gasteiger partial charge < -0.3 is 14.9 Å². The van der Waals surface area contributed by atoms with Crippen molar-refractivity contribution in [2.75, 3.05) is 38.7 Å². The van der Waals surface area contributed by atoms with Gasteiger partial charge >= 0.3 is 0 Å². The Kier molecular flexibility index (Phi) is 6.87. The van der Waals surface area contributed by atoms with E-state index in [9.17, 15) is 15.2 Å². The van der Waals surface area contributed by atoms with Crippen molar-refractivity contribution in [3.63, 3.8) is 0 Å². The third-order valence-corrected chi connectivity index (χ3v) is 6.33. The molecule has 2 heterocycles. The van der Waals surface area contributed by atoms with E-state index in [-0.39, 0.29) is 12.2 Å². The number of hydrogen-bond donors (Lipinski definition) is 2. The van der Waals surface area contributed by atoms with Gasteiger partial charge in [-0.05, 0) is 56.6 Å². The Hall–Kier alpha value is -3.47. The summed E-state index contributed by atoms with van der Waals surface area (Å²) in [7, 11) is 4.20. The number of aliphatic hydroxyl groups is 1. The average Bonchev–Trinajstić information content (AvgIpc) is 2.84. The van der Waals surface area contributed by atoms with Crippen molar-refractivity contribution >= 4 is 5.95 Å². The predicted molar refractivity (Wildman–Crippen MR) is 130 cm³/mol. The van der Waals surface area contributed by atoms with E-state index >= 15 is 0 Å². The molecule has 0 radical (unpaired) electrons. The lowest BCUT2D eigenvalue weighted by molar-refractivity contribution is 0.249. The average molecular weight is 444 g/mol. The van der Waals surface area contributed by atoms with Crippen molar-refractivity contribution in [2.45, 2.75) is 25.3 Å². The van der Waals surface area contributed by atoms with Gasteiger partial charge in [0.2, 0.25) is 5.95 Å². The number of hydrogen-bond acceptors (Lipinski definition) is 6. The summed E-state index contributed by atoms with van der Waals surface area (Å²) < 4.78 is 0. The molecule has 3 aromatic rings. The van der Waals surface area contributed by atoms with Gasteiger partial charge in [0, 0.05) is 31.3 Å². The Morgan fingerprint density at radius 3 is 2.30 bits per heavy atom. The molecular weight excluding hydrogens is 414 g/mol. The molecule has 1 aromatic heterocycles. The Balaban J connectivity index is 1.77. The highest BCUT2D eigenvalue weighted by molar-refractivity contribution is 5.81. The molecule has 7 heteroatoms. The van der Waals surface area contributed by atoms with Crippen LogP contribution in [0, 0.1) is 11.3 Å². The fourth-order valence-corrected chi connectivity index (χ4v) is 4.35. The van der Waals surface area contributed by atoms with E-state index in [2.05, 4.69) is 34.9 Å². The first-order valence-corrected chi connectivity index (χ1v) is 11.3. The first-order chi connectivity index (χ1) is 16.0. The van der Waals surface area contributed by atoms with Crippen LogP contribution in [-0.2, 0) is 6.42 Å². The van der Waals surface area contributed by atoms with Gasteiger partial charge in [0.15, 0.2) is 0 Å². The van der Waals surface area contributed by atoms with E-state index in [1.807, 2.05) is 36.4 Å². The summed E-state index contributed by atoms with van der Waals surface area (Å²) in [6.07, 6.45) is 2.59. The molecule has 0 atom stereocenters. The van der Waals surface area contributed by atoms with Crippen LogP contribution in [0.1, 0.15) is 24.0 Å². The van der Waals surface area contributed by atoms with Gasteiger partial charge in [0.05, 0.1) is 22.9 Å². The Bertz CT molecular complexity index is 1190. The molecular formula is C26H29N5O2. The normalized spacial score (nSPS) is 14.5. The summed E-state index contributed by atoms with van der Waals surface area (Å²) in [5.41, 5.74) is 4.03. The highest BCUT2D eigenvalue weighted by Gasteiger charge is 2.24. The van der Waals surface area contributed by atoms with E-state index in [1.54, 1.807) is 12.1 Å². The van der Waals surface area contributed by atoms with Gasteiger partial charge in [-0.1, -0.05) is 36.4 Å². The van der Waals surface area contributed by atoms with Crippen LogP contribution < -0.4 is 10.5 Å². The number of aliphatic hydroxyl groups excluding tert-OH is 1. The standard InChI is InChI=1S/C26H29N5O2/c1-30(2)22-11-14-31(15-12-22)26-28-24(21-9-5-19(17-27)6-10-21)23(25(33)29-26)20-7-3-18(4-8-20)13-16-32/h3-10,22,32H,11-16H2,1-2H3,(H,28,29,33). The van der Waals surface area contributed by atoms with Crippen LogP contribution in [0.2, 0.25) is 0 Å². The molecule has 33 heavy (non-hydrogen) atoms. The molecule has 1 aliphatic rings. The largest absolute Gasteiger partial charge is 0.396 e. The molecule has 0 spiro atoms. The summed E-state index contributed by atoms with van der Waals surface area (Å²) >= 11 is 0. The highest BCUT2D eigenvalue weighted by Crippen LogP contribution is 2.30. The van der Waals surface area contributed by atoms with E-state index in [0.717, 1.165) is 42.6 Å². The number of anilines is 1. The molecule has 1 saturated heterocycles. The van der Waals surface area contributed by atoms with Crippen LogP contribution in [0.5, 0.6) is 0 Å². The Morgan fingerprint density at radius 1 is 1.09 bits per heavy atom. The highest BCUT2D eigenvalue weighted by atomic mass is 16.3. The number of aromatic amines is 1. The number of benzene rings is 2. The molecule has 0 unspecified atom stereocenters. The van der Waals surface area contributed by atoms with Gasteiger partial charge in [0.1, 0.15) is 0 Å². The zero-order chi connectivity index (χ0) is 23.4. The van der Waals surface area contributed by atoms with Crippen molar-refractivity contribution < 1.29 is 5.11 Å². The van der Waals surface area contributed by atoms with Crippen molar-refractivity contribution in [3.05, 3.63) is 70.0 Å². The number of piperidine rings is 1. The minimum Gasteiger partial charge on any atom is -0.396 e. The van der Waals surface area contributed by atoms with Gasteiger partial charge in [-0.3, -0.25) is 9.78 Å². The zero-order valence-electron chi connectivity index (χ0n) is 19.1. The molecule has 0 aliphatic carbocycles. The quantitative estimate of drug-likeness (QED) is 0.608. The minimum absolute atomic E-state index is 0.0805. The molecule has 1 aliphatic heterocycles. The number of nitrogens with one attached hydrogen (secondary N) is 1. The topological polar surface area (TPSA) is 96.2 Å². The fourth-order valence-electron chi connectivity index (χ4n) is 4.35. The van der Waals surface area contributed by atoms with Crippen LogP contribution in [0.4, 0.5) is 5.95 Å². The maximum absolute atomic E-state index is 13.4. The molecule has 170 valence electrons. The van der Waals surface area contributed by atoms with Crippen molar-refractivity contribution in [1.82, 2.24) is 14.9 Å². The monoisotopic (exact) mass is 443 g/mol. The van der Waals surface area contributed by atoms with E-state index in [4.69, 9.17) is 4.98 Å². The maximum atomic E-state index is 13.4. The van der Waals surface area contributed by atoms with Crippen LogP contribution in [0.3, 0.4) is 0 Å². The summed E-state index contributed by atoms with van der Waals surface area (Å²) in [6.45, 7) is 1.73. The second-order valence-electron chi connectivity index (χ2n) is 8.65. The number of nitrogens with zero attached hydrogens (tertiary/aromatic N) is 4. The second-order valence-corrected chi connectivity index (χ2v) is 8.65. The first-order valence-electron chi connectivity index (χ1n) is 11.3. The lowest BCUT2D eigenvalue weighted by Gasteiger charge is -2.35. The zero-order valence-corrected chi connectivity index (χ0v) is 19.1. The molecule has 0 amide bonds. The van der Waals surface area contributed by atoms with E-state index in [1.165, 1.54) is 0 Å². The molecule has 1 fully saturated rings. The van der Waals surface area contributed by atoms with Crippen molar-refractivity contribution in [2.24, 2.45) is 0 Å². The van der Waals surface area contributed by atoms with Crippen molar-refractivity contribution in [3.8, 4) is 28.5 Å². The number of rotatable bonds is 6. The third kappa shape index (κ3) is 4.98. The summed E-state index contributed by atoms with van der Waals surface area (Å²) in [6, 6.07) is 17.5. The number of aromatic nitrogens is 2. The van der Waals surface area contributed by atoms with Crippen LogP contribution in [0.25, 0.3) is 22.4 Å². The molecule has 2 N–H and O–H groups in total. The van der Waals surface area contributed by atoms with Gasteiger partial charge in [-0.25, -0.2) is 4.98 Å². The Morgan fingerprint density at radius 2 is 1.73 bits per heavy atom. The summed E-state index contributed by atoms with van der Waals surface area (Å²) in [5.74, 6) is 0.581. The fraction of sp³-hybridized carbons (Fsp3) is 0.346. The molecule has 4 rings (SSSR count). The molecule has 2 aromatic carbocycles. The lowest BCUT2D eigenvalue weighted by atomic mass is 9.98. The molecule has 7 nitrogen and oxygen atoms in total. The van der Waals surface area contributed by atoms with E-state index < -0.39 is 0 Å². The van der Waals surface area contributed by atoms with Crippen LogP contribution in [0.15, 0.2) is 53.3 Å². The lowest BCUT2D eigenvalue weighted by Crippen LogP contribution is -2.43. The van der Waals surface area contributed by atoms with Crippen LogP contribution in [-0.4, -0.2) is 59.8 Å². The first kappa shape index (κ1) is 22.7. The number of nitriles is 1. The third-order valence-electron chi connectivity index (χ3n) is 6.33. The van der Waals surface area contributed by atoms with Crippen LogP contribution >= 0.6 is 0 Å². The smallest absolute Gasteiger partial charge is 0.260 e. The molecule has 0 bridgehead atoms. The minimum atomic E-state index is -0.191. The van der Waals surface area contributed by atoms with Gasteiger partial charge in [-0.2, -0.15) is 5.26 Å². The number of H-pyrrole nitrogens is 1. The van der Waals surface area contributed by atoms with E-state index in [0.29, 0.717) is 35.2 Å².